The molecule has 0 saturated heterocycles. The second kappa shape index (κ2) is 7.60. The van der Waals surface area contributed by atoms with Gasteiger partial charge in [0.2, 0.25) is 0 Å². The maximum Gasteiger partial charge on any atom is 0.169 e. The lowest BCUT2D eigenvalue weighted by atomic mass is 9.63. The highest BCUT2D eigenvalue weighted by Crippen LogP contribution is 2.47. The summed E-state index contributed by atoms with van der Waals surface area (Å²) in [5.41, 5.74) is 12.3. The van der Waals surface area contributed by atoms with E-state index in [2.05, 4.69) is 22.2 Å². The van der Waals surface area contributed by atoms with E-state index in [9.17, 15) is 5.11 Å². The summed E-state index contributed by atoms with van der Waals surface area (Å²) in [5.74, 6) is 0.702. The van der Waals surface area contributed by atoms with Crippen LogP contribution in [0.2, 0.25) is 0 Å². The van der Waals surface area contributed by atoms with Crippen LogP contribution < -0.4 is 10.5 Å². The van der Waals surface area contributed by atoms with Gasteiger partial charge in [-0.05, 0) is 37.8 Å². The highest BCUT2D eigenvalue weighted by atomic mass is 16.5. The van der Waals surface area contributed by atoms with Gasteiger partial charge >= 0.3 is 0 Å². The average molecular weight is 466 g/mol. The number of aliphatic hydroxyl groups is 1. The van der Waals surface area contributed by atoms with E-state index >= 15 is 0 Å². The number of hydrogen-bond donors (Lipinski definition) is 2. The molecule has 0 atom stereocenters. The molecule has 1 fully saturated rings. The molecule has 5 aromatic rings. The number of pyridine rings is 1. The number of nitrogens with two attached hydrogens (primary N) is 1. The number of fused-ring (bicyclic) bond motifs is 3. The van der Waals surface area contributed by atoms with Crippen LogP contribution >= 0.6 is 0 Å². The minimum absolute atomic E-state index is 0.511. The van der Waals surface area contributed by atoms with Gasteiger partial charge in [0.25, 0.3) is 0 Å². The fraction of sp³-hybridized carbons (Fsp3) is 0.250. The molecule has 0 unspecified atom stereocenters. The standard InChI is InChI=1S/C28H27N5O2/c1-17-13-22-30-14-21-25(35-3)23(18-7-5-4-6-8-18)24(31-26(21)33(22)32-17)19-9-11-20(12-10-19)28(29)15-27(2,34)16-28/h4-14,34H,15-16,29H2,1-3H3. The van der Waals surface area contributed by atoms with Crippen molar-refractivity contribution >= 4 is 16.7 Å². The maximum atomic E-state index is 10.2. The molecule has 1 saturated carbocycles. The molecule has 1 aliphatic carbocycles. The first kappa shape index (κ1) is 21.7. The lowest BCUT2D eigenvalue weighted by Gasteiger charge is -2.49. The fourth-order valence-electron chi connectivity index (χ4n) is 5.47. The number of methoxy groups -OCH3 is 1. The van der Waals surface area contributed by atoms with Crippen molar-refractivity contribution in [1.29, 1.82) is 0 Å². The van der Waals surface area contributed by atoms with Crippen molar-refractivity contribution in [2.24, 2.45) is 5.73 Å². The normalized spacial score (nSPS) is 21.9. The van der Waals surface area contributed by atoms with E-state index in [0.717, 1.165) is 44.7 Å². The maximum absolute atomic E-state index is 10.2. The van der Waals surface area contributed by atoms with Crippen molar-refractivity contribution in [3.63, 3.8) is 0 Å². The molecule has 0 amide bonds. The molecule has 6 rings (SSSR count). The van der Waals surface area contributed by atoms with Gasteiger partial charge in [-0.2, -0.15) is 9.61 Å². The summed E-state index contributed by atoms with van der Waals surface area (Å²) in [5, 5.41) is 15.7. The fourth-order valence-corrected chi connectivity index (χ4v) is 5.47. The average Bonchev–Trinajstić information content (AvgIpc) is 3.23. The lowest BCUT2D eigenvalue weighted by Crippen LogP contribution is -2.58. The minimum atomic E-state index is -0.706. The Morgan fingerprint density at radius 3 is 2.40 bits per heavy atom. The molecule has 0 radical (unpaired) electrons. The zero-order chi connectivity index (χ0) is 24.4. The Morgan fingerprint density at radius 2 is 1.74 bits per heavy atom. The smallest absolute Gasteiger partial charge is 0.169 e. The van der Waals surface area contributed by atoms with Crippen LogP contribution in [0.25, 0.3) is 39.1 Å². The predicted molar refractivity (Wildman–Crippen MR) is 136 cm³/mol. The van der Waals surface area contributed by atoms with Crippen molar-refractivity contribution in [2.45, 2.75) is 37.8 Å². The third kappa shape index (κ3) is 3.47. The monoisotopic (exact) mass is 465 g/mol. The van der Waals surface area contributed by atoms with Crippen LogP contribution in [0.5, 0.6) is 5.75 Å². The van der Waals surface area contributed by atoms with E-state index < -0.39 is 11.1 Å². The van der Waals surface area contributed by atoms with Gasteiger partial charge in [0.05, 0.1) is 35.0 Å². The van der Waals surface area contributed by atoms with E-state index in [1.165, 1.54) is 0 Å². The number of aromatic nitrogens is 4. The van der Waals surface area contributed by atoms with Crippen LogP contribution in [-0.2, 0) is 5.54 Å². The van der Waals surface area contributed by atoms with Gasteiger partial charge in [-0.25, -0.2) is 9.97 Å². The lowest BCUT2D eigenvalue weighted by molar-refractivity contribution is -0.0738. The van der Waals surface area contributed by atoms with Crippen molar-refractivity contribution in [1.82, 2.24) is 19.6 Å². The molecule has 3 heterocycles. The summed E-state index contributed by atoms with van der Waals surface area (Å²) in [6.07, 6.45) is 2.89. The molecule has 7 nitrogen and oxygen atoms in total. The first-order chi connectivity index (χ1) is 16.8. The topological polar surface area (TPSA) is 98.6 Å². The highest BCUT2D eigenvalue weighted by molar-refractivity contribution is 5.98. The summed E-state index contributed by atoms with van der Waals surface area (Å²) in [7, 11) is 1.67. The number of aryl methyl sites for hydroxylation is 1. The Hall–Kier alpha value is -3.81. The van der Waals surface area contributed by atoms with Crippen molar-refractivity contribution in [3.8, 4) is 28.1 Å². The summed E-state index contributed by atoms with van der Waals surface area (Å²) < 4.78 is 7.76. The Labute approximate surface area is 203 Å². The zero-order valence-corrected chi connectivity index (χ0v) is 20.0. The molecule has 0 spiro atoms. The first-order valence-electron chi connectivity index (χ1n) is 11.7. The number of nitrogens with zero attached hydrogens (tertiary/aromatic N) is 4. The van der Waals surface area contributed by atoms with E-state index in [1.807, 2.05) is 62.4 Å². The van der Waals surface area contributed by atoms with E-state index in [-0.39, 0.29) is 0 Å². The van der Waals surface area contributed by atoms with Gasteiger partial charge in [0, 0.05) is 23.4 Å². The van der Waals surface area contributed by atoms with Crippen molar-refractivity contribution < 1.29 is 9.84 Å². The third-order valence-electron chi connectivity index (χ3n) is 6.90. The van der Waals surface area contributed by atoms with Crippen molar-refractivity contribution in [2.75, 3.05) is 7.11 Å². The van der Waals surface area contributed by atoms with Crippen LogP contribution in [0.4, 0.5) is 0 Å². The van der Waals surface area contributed by atoms with Gasteiger partial charge in [-0.3, -0.25) is 0 Å². The summed E-state index contributed by atoms with van der Waals surface area (Å²) >= 11 is 0. The molecule has 1 aliphatic rings. The van der Waals surface area contributed by atoms with Gasteiger partial charge in [-0.1, -0.05) is 54.6 Å². The number of rotatable bonds is 4. The number of hydrogen-bond acceptors (Lipinski definition) is 6. The molecule has 3 aromatic heterocycles. The molecule has 2 aromatic carbocycles. The molecule has 0 aliphatic heterocycles. The Morgan fingerprint density at radius 1 is 1.03 bits per heavy atom. The molecule has 176 valence electrons. The number of ether oxygens (including phenoxy) is 1. The van der Waals surface area contributed by atoms with Crippen molar-refractivity contribution in [3.05, 3.63) is 78.1 Å². The molecule has 35 heavy (non-hydrogen) atoms. The van der Waals surface area contributed by atoms with Crippen LogP contribution in [0.15, 0.2) is 66.9 Å². The van der Waals surface area contributed by atoms with Crippen LogP contribution in [0.1, 0.15) is 31.0 Å². The largest absolute Gasteiger partial charge is 0.495 e. The summed E-state index contributed by atoms with van der Waals surface area (Å²) in [4.78, 5) is 9.72. The summed E-state index contributed by atoms with van der Waals surface area (Å²) in [6.45, 7) is 3.77. The number of benzene rings is 2. The van der Waals surface area contributed by atoms with Crippen LogP contribution in [-0.4, -0.2) is 37.4 Å². The molecule has 7 heteroatoms. The van der Waals surface area contributed by atoms with E-state index in [0.29, 0.717) is 24.2 Å². The molecule has 0 bridgehead atoms. The van der Waals surface area contributed by atoms with Gasteiger partial charge in [0.1, 0.15) is 5.75 Å². The van der Waals surface area contributed by atoms with Gasteiger partial charge in [-0.15, -0.1) is 0 Å². The minimum Gasteiger partial charge on any atom is -0.495 e. The second-order valence-corrected chi connectivity index (χ2v) is 9.87. The Kier molecular flexibility index (Phi) is 4.71. The molecular weight excluding hydrogens is 438 g/mol. The summed E-state index contributed by atoms with van der Waals surface area (Å²) in [6, 6.07) is 20.2. The van der Waals surface area contributed by atoms with E-state index in [4.69, 9.17) is 15.5 Å². The van der Waals surface area contributed by atoms with Gasteiger partial charge < -0.3 is 15.6 Å². The first-order valence-corrected chi connectivity index (χ1v) is 11.7. The zero-order valence-electron chi connectivity index (χ0n) is 20.0. The van der Waals surface area contributed by atoms with Gasteiger partial charge in [0.15, 0.2) is 11.3 Å². The third-order valence-corrected chi connectivity index (χ3v) is 6.90. The molecule has 3 N–H and O–H groups in total. The Balaban J connectivity index is 1.60. The van der Waals surface area contributed by atoms with Crippen LogP contribution in [0.3, 0.4) is 0 Å². The Bertz CT molecular complexity index is 1560. The van der Waals surface area contributed by atoms with Crippen LogP contribution in [0, 0.1) is 6.92 Å². The SMILES string of the molecule is COc1c(-c2ccccc2)c(-c2ccc(C3(N)CC(C)(O)C3)cc2)nc2c1cnc1cc(C)nn12. The highest BCUT2D eigenvalue weighted by Gasteiger charge is 2.49. The predicted octanol–water partition coefficient (Wildman–Crippen LogP) is 4.63. The van der Waals surface area contributed by atoms with E-state index in [1.54, 1.807) is 17.8 Å². The quantitative estimate of drug-likeness (QED) is 0.402. The second-order valence-electron chi connectivity index (χ2n) is 9.87. The molecular formula is C28H27N5O2.